The van der Waals surface area contributed by atoms with Gasteiger partial charge < -0.3 is 24.8 Å². The molecular weight excluding hydrogens is 448 g/mol. The van der Waals surface area contributed by atoms with E-state index in [0.29, 0.717) is 0 Å². The second kappa shape index (κ2) is 9.92. The lowest BCUT2D eigenvalue weighted by molar-refractivity contribution is -0.156. The molecule has 3 unspecified atom stereocenters. The molecule has 2 aromatic rings. The average molecular weight is 479 g/mol. The minimum atomic E-state index is -1.43. The van der Waals surface area contributed by atoms with E-state index in [1.807, 2.05) is 36.4 Å². The molecule has 1 fully saturated rings. The third-order valence-electron chi connectivity index (χ3n) is 7.00. The van der Waals surface area contributed by atoms with Crippen molar-refractivity contribution in [2.75, 3.05) is 20.3 Å². The summed E-state index contributed by atoms with van der Waals surface area (Å²) in [5.41, 5.74) is 2.97. The van der Waals surface area contributed by atoms with Gasteiger partial charge in [0, 0.05) is 26.0 Å². The van der Waals surface area contributed by atoms with Gasteiger partial charge in [-0.05, 0) is 35.6 Å². The fourth-order valence-electron chi connectivity index (χ4n) is 5.08. The summed E-state index contributed by atoms with van der Waals surface area (Å²) < 4.78 is 10.9. The minimum absolute atomic E-state index is 0.108. The van der Waals surface area contributed by atoms with Gasteiger partial charge in [-0.2, -0.15) is 0 Å². The Morgan fingerprint density at radius 3 is 2.31 bits per heavy atom. The second-order valence-corrected chi connectivity index (χ2v) is 9.14. The quantitative estimate of drug-likeness (QED) is 0.562. The van der Waals surface area contributed by atoms with E-state index in [0.717, 1.165) is 22.3 Å². The molecule has 2 N–H and O–H groups in total. The van der Waals surface area contributed by atoms with Gasteiger partial charge in [-0.25, -0.2) is 9.59 Å². The van der Waals surface area contributed by atoms with Crippen LogP contribution in [0.2, 0.25) is 0 Å². The van der Waals surface area contributed by atoms with Crippen LogP contribution in [0, 0.1) is 0 Å². The summed E-state index contributed by atoms with van der Waals surface area (Å²) >= 11 is 0. The molecule has 1 heterocycles. The van der Waals surface area contributed by atoms with Crippen LogP contribution in [-0.4, -0.2) is 65.9 Å². The highest BCUT2D eigenvalue weighted by atomic mass is 16.5. The number of fused-ring (bicyclic) bond motifs is 3. The Labute approximate surface area is 204 Å². The molecule has 0 radical (unpaired) electrons. The molecule has 8 nitrogen and oxygen atoms in total. The van der Waals surface area contributed by atoms with Crippen molar-refractivity contribution in [1.29, 1.82) is 0 Å². The summed E-state index contributed by atoms with van der Waals surface area (Å²) in [7, 11) is 1.48. The Kier molecular flexibility index (Phi) is 6.93. The molecule has 184 valence electrons. The van der Waals surface area contributed by atoms with Crippen molar-refractivity contribution in [2.45, 2.75) is 43.4 Å². The number of ether oxygens (including phenoxy) is 2. The maximum Gasteiger partial charge on any atom is 0.407 e. The molecule has 1 aliphatic heterocycles. The fraction of sp³-hybridized carbons (Fsp3) is 0.370. The van der Waals surface area contributed by atoms with Gasteiger partial charge in [-0.1, -0.05) is 54.6 Å². The summed E-state index contributed by atoms with van der Waals surface area (Å²) in [4.78, 5) is 39.3. The number of likely N-dealkylation sites (tertiary alicyclic amines) is 1. The topological polar surface area (TPSA) is 105 Å². The molecule has 0 spiro atoms. The Bertz CT molecular complexity index is 1100. The van der Waals surface area contributed by atoms with Crippen LogP contribution in [0.4, 0.5) is 4.79 Å². The zero-order valence-electron chi connectivity index (χ0n) is 19.9. The van der Waals surface area contributed by atoms with Crippen LogP contribution >= 0.6 is 0 Å². The number of nitrogens with one attached hydrogen (secondary N) is 1. The molecule has 8 heteroatoms. The van der Waals surface area contributed by atoms with Crippen molar-refractivity contribution in [3.8, 4) is 11.1 Å². The molecule has 35 heavy (non-hydrogen) atoms. The van der Waals surface area contributed by atoms with Crippen molar-refractivity contribution >= 4 is 18.0 Å². The van der Waals surface area contributed by atoms with Crippen LogP contribution in [-0.2, 0) is 19.1 Å². The van der Waals surface area contributed by atoms with Crippen LogP contribution in [0.1, 0.15) is 36.8 Å². The lowest BCUT2D eigenvalue weighted by Crippen LogP contribution is -2.57. The van der Waals surface area contributed by atoms with Crippen molar-refractivity contribution in [3.63, 3.8) is 0 Å². The van der Waals surface area contributed by atoms with Gasteiger partial charge in [0.15, 0.2) is 0 Å². The van der Waals surface area contributed by atoms with Gasteiger partial charge in [0.05, 0.1) is 6.10 Å². The van der Waals surface area contributed by atoms with Crippen molar-refractivity contribution < 1.29 is 29.0 Å². The highest BCUT2D eigenvalue weighted by Crippen LogP contribution is 2.44. The summed E-state index contributed by atoms with van der Waals surface area (Å²) in [5.74, 6) is -1.75. The van der Waals surface area contributed by atoms with Gasteiger partial charge in [0.25, 0.3) is 0 Å². The largest absolute Gasteiger partial charge is 0.480 e. The Morgan fingerprint density at radius 2 is 1.77 bits per heavy atom. The van der Waals surface area contributed by atoms with E-state index < -0.39 is 35.7 Å². The molecule has 2 aromatic carbocycles. The molecule has 0 bridgehead atoms. The van der Waals surface area contributed by atoms with Gasteiger partial charge in [0.1, 0.15) is 18.2 Å². The number of carboxylic acids is 1. The highest BCUT2D eigenvalue weighted by Gasteiger charge is 2.51. The normalized spacial score (nSPS) is 21.7. The van der Waals surface area contributed by atoms with E-state index in [1.165, 1.54) is 25.0 Å². The standard InChI is InChI=1S/C27H30N2O6/c1-4-9-23(24(30)29-15-17(34-3)14-27(29,2)25(31)32)28-26(33)35-16-22-20-12-7-5-10-18(20)19-11-6-8-13-21(19)22/h4-8,10-13,17,22-23H,1,9,14-16H2,2-3H3,(H,28,33)(H,31,32). The molecule has 1 aliphatic carbocycles. The first kappa shape index (κ1) is 24.5. The van der Waals surface area contributed by atoms with Gasteiger partial charge in [0.2, 0.25) is 5.91 Å². The number of alkyl carbamates (subject to hydrolysis) is 1. The fourth-order valence-corrected chi connectivity index (χ4v) is 5.08. The Hall–Kier alpha value is -3.65. The van der Waals surface area contributed by atoms with Crippen molar-refractivity contribution in [2.24, 2.45) is 0 Å². The summed E-state index contributed by atoms with van der Waals surface area (Å²) in [6.07, 6.45) is 0.655. The van der Waals surface area contributed by atoms with E-state index in [-0.39, 0.29) is 31.9 Å². The number of nitrogens with zero attached hydrogens (tertiary/aromatic N) is 1. The van der Waals surface area contributed by atoms with Crippen molar-refractivity contribution in [1.82, 2.24) is 10.2 Å². The zero-order chi connectivity index (χ0) is 25.2. The number of benzene rings is 2. The predicted octanol–water partition coefficient (Wildman–Crippen LogP) is 3.56. The highest BCUT2D eigenvalue weighted by molar-refractivity contribution is 5.92. The Balaban J connectivity index is 1.46. The summed E-state index contributed by atoms with van der Waals surface area (Å²) in [5, 5.41) is 12.4. The molecule has 0 aromatic heterocycles. The third kappa shape index (κ3) is 4.53. The number of carbonyl (C=O) groups excluding carboxylic acids is 2. The average Bonchev–Trinajstić information content (AvgIpc) is 3.38. The summed E-state index contributed by atoms with van der Waals surface area (Å²) in [6, 6.07) is 15.0. The number of rotatable bonds is 8. The van der Waals surface area contributed by atoms with E-state index in [9.17, 15) is 19.5 Å². The van der Waals surface area contributed by atoms with Gasteiger partial charge in [-0.3, -0.25) is 4.79 Å². The molecule has 0 saturated carbocycles. The predicted molar refractivity (Wildman–Crippen MR) is 130 cm³/mol. The number of carboxylic acid groups (broad SMARTS) is 1. The van der Waals surface area contributed by atoms with E-state index in [4.69, 9.17) is 9.47 Å². The monoisotopic (exact) mass is 478 g/mol. The maximum absolute atomic E-state index is 13.3. The number of carbonyl (C=O) groups is 3. The maximum atomic E-state index is 13.3. The van der Waals surface area contributed by atoms with E-state index >= 15 is 0 Å². The number of hydrogen-bond donors (Lipinski definition) is 2. The van der Waals surface area contributed by atoms with Crippen LogP contribution in [0.15, 0.2) is 61.2 Å². The number of methoxy groups -OCH3 is 1. The first-order valence-corrected chi connectivity index (χ1v) is 11.6. The lowest BCUT2D eigenvalue weighted by Gasteiger charge is -2.33. The van der Waals surface area contributed by atoms with Crippen LogP contribution in [0.25, 0.3) is 11.1 Å². The first-order valence-electron chi connectivity index (χ1n) is 11.6. The molecule has 3 atom stereocenters. The SMILES string of the molecule is C=CCC(NC(=O)OCC1c2ccccc2-c2ccccc21)C(=O)N1CC(OC)CC1(C)C(=O)O. The number of amides is 2. The number of hydrogen-bond acceptors (Lipinski definition) is 5. The molecular formula is C27H30N2O6. The molecule has 2 amide bonds. The Morgan fingerprint density at radius 1 is 1.17 bits per heavy atom. The van der Waals surface area contributed by atoms with Crippen LogP contribution in [0.5, 0.6) is 0 Å². The number of aliphatic carboxylic acids is 1. The minimum Gasteiger partial charge on any atom is -0.480 e. The second-order valence-electron chi connectivity index (χ2n) is 9.14. The third-order valence-corrected chi connectivity index (χ3v) is 7.00. The smallest absolute Gasteiger partial charge is 0.407 e. The van der Waals surface area contributed by atoms with Crippen LogP contribution < -0.4 is 5.32 Å². The first-order chi connectivity index (χ1) is 16.8. The molecule has 4 rings (SSSR count). The zero-order valence-corrected chi connectivity index (χ0v) is 19.9. The molecule has 1 saturated heterocycles. The van der Waals surface area contributed by atoms with Gasteiger partial charge in [-0.15, -0.1) is 6.58 Å². The van der Waals surface area contributed by atoms with Crippen molar-refractivity contribution in [3.05, 3.63) is 72.3 Å². The van der Waals surface area contributed by atoms with Gasteiger partial charge >= 0.3 is 12.1 Å². The summed E-state index contributed by atoms with van der Waals surface area (Å²) in [6.45, 7) is 5.40. The van der Waals surface area contributed by atoms with E-state index in [2.05, 4.69) is 24.0 Å². The molecule has 2 aliphatic rings. The van der Waals surface area contributed by atoms with E-state index in [1.54, 1.807) is 0 Å². The lowest BCUT2D eigenvalue weighted by atomic mass is 9.97. The van der Waals surface area contributed by atoms with Crippen LogP contribution in [0.3, 0.4) is 0 Å².